The Labute approximate surface area is 149 Å². The van der Waals surface area contributed by atoms with Gasteiger partial charge in [0.1, 0.15) is 5.75 Å². The molecule has 2 aromatic rings. The number of hydrogen-bond donors (Lipinski definition) is 2. The normalized spacial score (nSPS) is 14.1. The molecule has 3 N–H and O–H groups in total. The van der Waals surface area contributed by atoms with Crippen molar-refractivity contribution in [3.8, 4) is 5.75 Å². The maximum Gasteiger partial charge on any atom is 0.237 e. The summed E-state index contributed by atoms with van der Waals surface area (Å²) in [6.07, 6.45) is 0.517. The Kier molecular flexibility index (Phi) is 7.26. The van der Waals surface area contributed by atoms with Gasteiger partial charge in [-0.05, 0) is 43.5 Å². The van der Waals surface area contributed by atoms with Crippen LogP contribution >= 0.6 is 12.4 Å². The first kappa shape index (κ1) is 20.0. The average molecular weight is 349 g/mol. The zero-order chi connectivity index (χ0) is 16.9. The zero-order valence-corrected chi connectivity index (χ0v) is 15.1. The largest absolute Gasteiger partial charge is 0.497 e. The molecule has 0 fully saturated rings. The Bertz CT molecular complexity index is 646. The van der Waals surface area contributed by atoms with Gasteiger partial charge in [-0.2, -0.15) is 0 Å². The minimum Gasteiger partial charge on any atom is -0.497 e. The first-order chi connectivity index (χ1) is 10.9. The maximum absolute atomic E-state index is 12.1. The van der Waals surface area contributed by atoms with Crippen molar-refractivity contribution in [2.24, 2.45) is 5.73 Å². The second-order valence-corrected chi connectivity index (χ2v) is 6.00. The molecule has 0 spiro atoms. The summed E-state index contributed by atoms with van der Waals surface area (Å²) in [5, 5.41) is 3.38. The van der Waals surface area contributed by atoms with Gasteiger partial charge < -0.3 is 10.5 Å². The highest BCUT2D eigenvalue weighted by Gasteiger charge is 2.32. The van der Waals surface area contributed by atoms with Crippen molar-refractivity contribution in [1.29, 1.82) is 0 Å². The molecule has 1 amide bonds. The first-order valence-corrected chi connectivity index (χ1v) is 7.70. The summed E-state index contributed by atoms with van der Waals surface area (Å²) in [6.45, 7) is 3.88. The van der Waals surface area contributed by atoms with Gasteiger partial charge in [-0.15, -0.1) is 12.4 Å². The van der Waals surface area contributed by atoms with Gasteiger partial charge in [0, 0.05) is 6.04 Å². The standard InChI is InChI=1S/C19H24N2O2.ClH/c1-14(16-7-5-4-6-8-16)21-19(2,18(20)22)13-15-9-11-17(23-3)12-10-15;/h4-12,14,21H,13H2,1-3H3,(H2,20,22);1H. The number of amides is 1. The van der Waals surface area contributed by atoms with Crippen LogP contribution in [0.15, 0.2) is 54.6 Å². The summed E-state index contributed by atoms with van der Waals surface area (Å²) in [7, 11) is 1.63. The molecule has 2 unspecified atom stereocenters. The van der Waals surface area contributed by atoms with Crippen LogP contribution in [0.3, 0.4) is 0 Å². The number of halogens is 1. The summed E-state index contributed by atoms with van der Waals surface area (Å²) >= 11 is 0. The Morgan fingerprint density at radius 3 is 2.25 bits per heavy atom. The van der Waals surface area contributed by atoms with Crippen molar-refractivity contribution in [3.05, 3.63) is 65.7 Å². The fourth-order valence-corrected chi connectivity index (χ4v) is 2.66. The van der Waals surface area contributed by atoms with Gasteiger partial charge in [-0.1, -0.05) is 42.5 Å². The molecule has 0 saturated carbocycles. The van der Waals surface area contributed by atoms with E-state index in [0.717, 1.165) is 16.9 Å². The van der Waals surface area contributed by atoms with Gasteiger partial charge >= 0.3 is 0 Å². The number of nitrogens with two attached hydrogens (primary N) is 1. The Hall–Kier alpha value is -2.04. The molecule has 4 nitrogen and oxygen atoms in total. The molecular weight excluding hydrogens is 324 g/mol. The summed E-state index contributed by atoms with van der Waals surface area (Å²) in [5.41, 5.74) is 6.99. The summed E-state index contributed by atoms with van der Waals surface area (Å²) in [4.78, 5) is 12.1. The summed E-state index contributed by atoms with van der Waals surface area (Å²) in [5.74, 6) is 0.427. The highest BCUT2D eigenvalue weighted by molar-refractivity contribution is 5.85. The van der Waals surface area contributed by atoms with Crippen molar-refractivity contribution in [1.82, 2.24) is 5.32 Å². The topological polar surface area (TPSA) is 64.3 Å². The van der Waals surface area contributed by atoms with Crippen molar-refractivity contribution in [2.75, 3.05) is 7.11 Å². The lowest BCUT2D eigenvalue weighted by atomic mass is 9.90. The number of nitrogens with one attached hydrogen (secondary N) is 1. The lowest BCUT2D eigenvalue weighted by Crippen LogP contribution is -2.55. The highest BCUT2D eigenvalue weighted by Crippen LogP contribution is 2.21. The third-order valence-electron chi connectivity index (χ3n) is 4.10. The third kappa shape index (κ3) is 4.98. The third-order valence-corrected chi connectivity index (χ3v) is 4.10. The van der Waals surface area contributed by atoms with E-state index >= 15 is 0 Å². The highest BCUT2D eigenvalue weighted by atomic mass is 35.5. The molecule has 24 heavy (non-hydrogen) atoms. The summed E-state index contributed by atoms with van der Waals surface area (Å²) < 4.78 is 5.16. The molecule has 5 heteroatoms. The Morgan fingerprint density at radius 1 is 1.17 bits per heavy atom. The minimum atomic E-state index is -0.830. The van der Waals surface area contributed by atoms with E-state index in [9.17, 15) is 4.79 Å². The molecule has 0 bridgehead atoms. The fourth-order valence-electron chi connectivity index (χ4n) is 2.66. The lowest BCUT2D eigenvalue weighted by molar-refractivity contribution is -0.124. The van der Waals surface area contributed by atoms with Crippen LogP contribution < -0.4 is 15.8 Å². The van der Waals surface area contributed by atoms with Crippen LogP contribution in [0.4, 0.5) is 0 Å². The van der Waals surface area contributed by atoms with Crippen LogP contribution in [0.5, 0.6) is 5.75 Å². The lowest BCUT2D eigenvalue weighted by Gasteiger charge is -2.31. The number of methoxy groups -OCH3 is 1. The number of primary amides is 1. The molecule has 130 valence electrons. The Morgan fingerprint density at radius 2 is 1.75 bits per heavy atom. The first-order valence-electron chi connectivity index (χ1n) is 7.70. The number of carbonyl (C=O) groups excluding carboxylic acids is 1. The monoisotopic (exact) mass is 348 g/mol. The van der Waals surface area contributed by atoms with E-state index in [1.54, 1.807) is 7.11 Å². The van der Waals surface area contributed by atoms with E-state index < -0.39 is 5.54 Å². The smallest absolute Gasteiger partial charge is 0.237 e. The summed E-state index contributed by atoms with van der Waals surface area (Å²) in [6, 6.07) is 17.7. The molecule has 0 aromatic heterocycles. The number of carbonyl (C=O) groups is 1. The Balaban J connectivity index is 0.00000288. The van der Waals surface area contributed by atoms with Crippen LogP contribution in [0.25, 0.3) is 0 Å². The predicted octanol–water partition coefficient (Wildman–Crippen LogP) is 3.25. The molecular formula is C19H25ClN2O2. The number of hydrogen-bond acceptors (Lipinski definition) is 3. The van der Waals surface area contributed by atoms with Gasteiger partial charge in [0.05, 0.1) is 12.6 Å². The van der Waals surface area contributed by atoms with E-state index in [1.165, 1.54) is 0 Å². The van der Waals surface area contributed by atoms with Gasteiger partial charge in [0.2, 0.25) is 5.91 Å². The van der Waals surface area contributed by atoms with Gasteiger partial charge in [0.25, 0.3) is 0 Å². The van der Waals surface area contributed by atoms with E-state index in [-0.39, 0.29) is 24.4 Å². The molecule has 0 aliphatic heterocycles. The van der Waals surface area contributed by atoms with E-state index in [1.807, 2.05) is 68.4 Å². The van der Waals surface area contributed by atoms with Gasteiger partial charge in [-0.25, -0.2) is 0 Å². The van der Waals surface area contributed by atoms with E-state index in [4.69, 9.17) is 10.5 Å². The number of ether oxygens (including phenoxy) is 1. The second kappa shape index (κ2) is 8.71. The van der Waals surface area contributed by atoms with Crippen LogP contribution in [0.2, 0.25) is 0 Å². The van der Waals surface area contributed by atoms with Crippen molar-refractivity contribution in [3.63, 3.8) is 0 Å². The van der Waals surface area contributed by atoms with Crippen LogP contribution in [0.1, 0.15) is 31.0 Å². The minimum absolute atomic E-state index is 0. The fraction of sp³-hybridized carbons (Fsp3) is 0.316. The van der Waals surface area contributed by atoms with Crippen LogP contribution in [-0.4, -0.2) is 18.6 Å². The van der Waals surface area contributed by atoms with E-state index in [0.29, 0.717) is 6.42 Å². The number of rotatable bonds is 7. The molecule has 0 aliphatic rings. The van der Waals surface area contributed by atoms with Gasteiger partial charge in [0.15, 0.2) is 0 Å². The molecule has 2 rings (SSSR count). The molecule has 2 aromatic carbocycles. The van der Waals surface area contributed by atoms with E-state index in [2.05, 4.69) is 5.32 Å². The second-order valence-electron chi connectivity index (χ2n) is 6.00. The van der Waals surface area contributed by atoms with Crippen molar-refractivity contribution < 1.29 is 9.53 Å². The number of benzene rings is 2. The predicted molar refractivity (Wildman–Crippen MR) is 99.5 cm³/mol. The van der Waals surface area contributed by atoms with Crippen molar-refractivity contribution in [2.45, 2.75) is 31.8 Å². The SMILES string of the molecule is COc1ccc(CC(C)(NC(C)c2ccccc2)C(N)=O)cc1.Cl. The quantitative estimate of drug-likeness (QED) is 0.807. The molecule has 0 aliphatic carbocycles. The maximum atomic E-state index is 12.1. The van der Waals surface area contributed by atoms with Gasteiger partial charge in [-0.3, -0.25) is 10.1 Å². The zero-order valence-electron chi connectivity index (χ0n) is 14.3. The van der Waals surface area contributed by atoms with Crippen LogP contribution in [-0.2, 0) is 11.2 Å². The van der Waals surface area contributed by atoms with Crippen molar-refractivity contribution >= 4 is 18.3 Å². The average Bonchev–Trinajstić information content (AvgIpc) is 2.56. The molecule has 0 saturated heterocycles. The molecule has 0 radical (unpaired) electrons. The molecule has 2 atom stereocenters. The molecule has 0 heterocycles. The van der Waals surface area contributed by atoms with Crippen LogP contribution in [0, 0.1) is 0 Å².